The van der Waals surface area contributed by atoms with Crippen LogP contribution in [0.3, 0.4) is 0 Å². The Hall–Kier alpha value is -0.790. The molecule has 0 radical (unpaired) electrons. The molecule has 0 aromatic heterocycles. The summed E-state index contributed by atoms with van der Waals surface area (Å²) in [7, 11) is 0. The maximum Gasteiger partial charge on any atom is 0.222 e. The highest BCUT2D eigenvalue weighted by Gasteiger charge is 2.23. The highest BCUT2D eigenvalue weighted by atomic mass is 16.2. The molecule has 1 heterocycles. The quantitative estimate of drug-likeness (QED) is 0.481. The zero-order valence-electron chi connectivity index (χ0n) is 8.46. The van der Waals surface area contributed by atoms with Crippen LogP contribution in [-0.2, 0) is 4.79 Å². The fourth-order valence-corrected chi connectivity index (χ4v) is 1.85. The van der Waals surface area contributed by atoms with E-state index in [0.29, 0.717) is 18.4 Å². The molecule has 1 unspecified atom stereocenters. The Labute approximate surface area is 80.6 Å². The Morgan fingerprint density at radius 3 is 3.00 bits per heavy atom. The van der Waals surface area contributed by atoms with Gasteiger partial charge in [-0.2, -0.15) is 0 Å². The standard InChI is InChI=1S/C11H19NO/c1-3-4-5-8-11(13)12-9-6-7-10(12)2/h3,10H,1,4-9H2,2H3. The van der Waals surface area contributed by atoms with Crippen molar-refractivity contribution in [3.05, 3.63) is 12.7 Å². The molecule has 1 aliphatic rings. The van der Waals surface area contributed by atoms with Gasteiger partial charge in [-0.05, 0) is 32.6 Å². The summed E-state index contributed by atoms with van der Waals surface area (Å²) in [4.78, 5) is 13.6. The first-order chi connectivity index (χ1) is 6.25. The summed E-state index contributed by atoms with van der Waals surface area (Å²) in [6.45, 7) is 6.75. The van der Waals surface area contributed by atoms with Gasteiger partial charge >= 0.3 is 0 Å². The van der Waals surface area contributed by atoms with Gasteiger partial charge in [-0.25, -0.2) is 0 Å². The number of unbranched alkanes of at least 4 members (excludes halogenated alkanes) is 1. The minimum absolute atomic E-state index is 0.326. The van der Waals surface area contributed by atoms with Crippen LogP contribution in [0.1, 0.15) is 39.0 Å². The third-order valence-electron chi connectivity index (χ3n) is 2.67. The van der Waals surface area contributed by atoms with Gasteiger partial charge in [-0.15, -0.1) is 6.58 Å². The lowest BCUT2D eigenvalue weighted by Crippen LogP contribution is -2.33. The molecule has 1 fully saturated rings. The Kier molecular flexibility index (Phi) is 4.00. The van der Waals surface area contributed by atoms with Crippen molar-refractivity contribution in [2.24, 2.45) is 0 Å². The third kappa shape index (κ3) is 2.87. The monoisotopic (exact) mass is 181 g/mol. The Morgan fingerprint density at radius 1 is 1.69 bits per heavy atom. The normalized spacial score (nSPS) is 21.9. The lowest BCUT2D eigenvalue weighted by Gasteiger charge is -2.21. The molecule has 0 bridgehead atoms. The molecule has 0 spiro atoms. The molecule has 1 amide bonds. The second-order valence-corrected chi connectivity index (χ2v) is 3.76. The van der Waals surface area contributed by atoms with Crippen LogP contribution in [-0.4, -0.2) is 23.4 Å². The average Bonchev–Trinajstić information content (AvgIpc) is 2.52. The third-order valence-corrected chi connectivity index (χ3v) is 2.67. The van der Waals surface area contributed by atoms with Crippen molar-refractivity contribution in [2.75, 3.05) is 6.54 Å². The van der Waals surface area contributed by atoms with Gasteiger partial charge in [0.15, 0.2) is 0 Å². The van der Waals surface area contributed by atoms with Crippen LogP contribution < -0.4 is 0 Å². The Morgan fingerprint density at radius 2 is 2.46 bits per heavy atom. The SMILES string of the molecule is C=CCCCC(=O)N1CCCC1C. The predicted molar refractivity (Wildman–Crippen MR) is 54.5 cm³/mol. The number of carbonyl (C=O) groups is 1. The molecule has 0 aliphatic carbocycles. The second kappa shape index (κ2) is 5.05. The van der Waals surface area contributed by atoms with Crippen LogP contribution in [0.2, 0.25) is 0 Å². The number of allylic oxidation sites excluding steroid dienone is 1. The van der Waals surface area contributed by atoms with E-state index in [-0.39, 0.29) is 0 Å². The van der Waals surface area contributed by atoms with E-state index in [1.165, 1.54) is 12.8 Å². The molecule has 2 heteroatoms. The van der Waals surface area contributed by atoms with Crippen LogP contribution in [0, 0.1) is 0 Å². The highest BCUT2D eigenvalue weighted by Crippen LogP contribution is 2.17. The first-order valence-electron chi connectivity index (χ1n) is 5.16. The molecule has 1 atom stereocenters. The van der Waals surface area contributed by atoms with Crippen LogP contribution in [0.15, 0.2) is 12.7 Å². The van der Waals surface area contributed by atoms with Crippen LogP contribution >= 0.6 is 0 Å². The molecular formula is C11H19NO. The van der Waals surface area contributed by atoms with Crippen LogP contribution in [0.4, 0.5) is 0 Å². The van der Waals surface area contributed by atoms with E-state index in [9.17, 15) is 4.79 Å². The maximum atomic E-state index is 11.6. The van der Waals surface area contributed by atoms with Crippen molar-refractivity contribution in [3.8, 4) is 0 Å². The van der Waals surface area contributed by atoms with Crippen molar-refractivity contribution in [1.82, 2.24) is 4.90 Å². The van der Waals surface area contributed by atoms with Crippen LogP contribution in [0.5, 0.6) is 0 Å². The van der Waals surface area contributed by atoms with E-state index in [1.807, 2.05) is 11.0 Å². The summed E-state index contributed by atoms with van der Waals surface area (Å²) in [5, 5.41) is 0. The number of rotatable bonds is 4. The van der Waals surface area contributed by atoms with Gasteiger partial charge in [0, 0.05) is 19.0 Å². The van der Waals surface area contributed by atoms with Crippen LogP contribution in [0.25, 0.3) is 0 Å². The van der Waals surface area contributed by atoms with Gasteiger partial charge in [-0.3, -0.25) is 4.79 Å². The van der Waals surface area contributed by atoms with Gasteiger partial charge in [0.1, 0.15) is 0 Å². The number of likely N-dealkylation sites (tertiary alicyclic amines) is 1. The van der Waals surface area contributed by atoms with E-state index >= 15 is 0 Å². The van der Waals surface area contributed by atoms with E-state index in [2.05, 4.69) is 13.5 Å². The first-order valence-corrected chi connectivity index (χ1v) is 5.16. The fraction of sp³-hybridized carbons (Fsp3) is 0.727. The van der Waals surface area contributed by atoms with Gasteiger partial charge in [0.25, 0.3) is 0 Å². The Bertz CT molecular complexity index is 189. The van der Waals surface area contributed by atoms with Crippen molar-refractivity contribution in [3.63, 3.8) is 0 Å². The highest BCUT2D eigenvalue weighted by molar-refractivity contribution is 5.76. The smallest absolute Gasteiger partial charge is 0.222 e. The lowest BCUT2D eigenvalue weighted by molar-refractivity contribution is -0.131. The largest absolute Gasteiger partial charge is 0.340 e. The molecule has 74 valence electrons. The average molecular weight is 181 g/mol. The van der Waals surface area contributed by atoms with Gasteiger partial charge in [0.2, 0.25) is 5.91 Å². The predicted octanol–water partition coefficient (Wildman–Crippen LogP) is 2.35. The topological polar surface area (TPSA) is 20.3 Å². The number of hydrogen-bond acceptors (Lipinski definition) is 1. The number of carbonyl (C=O) groups excluding carboxylic acids is 1. The molecule has 0 N–H and O–H groups in total. The van der Waals surface area contributed by atoms with Gasteiger partial charge in [0.05, 0.1) is 0 Å². The zero-order valence-corrected chi connectivity index (χ0v) is 8.46. The van der Waals surface area contributed by atoms with Gasteiger partial charge in [-0.1, -0.05) is 6.08 Å². The second-order valence-electron chi connectivity index (χ2n) is 3.76. The molecule has 0 aromatic rings. The van der Waals surface area contributed by atoms with E-state index in [0.717, 1.165) is 19.4 Å². The molecule has 1 saturated heterocycles. The van der Waals surface area contributed by atoms with E-state index in [1.54, 1.807) is 0 Å². The molecule has 13 heavy (non-hydrogen) atoms. The van der Waals surface area contributed by atoms with Gasteiger partial charge < -0.3 is 4.90 Å². The Balaban J connectivity index is 2.26. The molecule has 0 aromatic carbocycles. The summed E-state index contributed by atoms with van der Waals surface area (Å²) in [5.74, 6) is 0.326. The molecule has 1 rings (SSSR count). The summed E-state index contributed by atoms with van der Waals surface area (Å²) < 4.78 is 0. The van der Waals surface area contributed by atoms with Crippen molar-refractivity contribution in [2.45, 2.75) is 45.1 Å². The lowest BCUT2D eigenvalue weighted by atomic mass is 10.2. The minimum atomic E-state index is 0.326. The van der Waals surface area contributed by atoms with Crippen molar-refractivity contribution >= 4 is 5.91 Å². The molecule has 1 aliphatic heterocycles. The summed E-state index contributed by atoms with van der Waals surface area (Å²) >= 11 is 0. The maximum absolute atomic E-state index is 11.6. The van der Waals surface area contributed by atoms with Crippen molar-refractivity contribution in [1.29, 1.82) is 0 Å². The number of amides is 1. The molecular weight excluding hydrogens is 162 g/mol. The summed E-state index contributed by atoms with van der Waals surface area (Å²) in [6.07, 6.45) is 6.82. The van der Waals surface area contributed by atoms with E-state index < -0.39 is 0 Å². The summed E-state index contributed by atoms with van der Waals surface area (Å²) in [5.41, 5.74) is 0. The number of nitrogens with zero attached hydrogens (tertiary/aromatic N) is 1. The molecule has 2 nitrogen and oxygen atoms in total. The first kappa shape index (κ1) is 10.3. The molecule has 0 saturated carbocycles. The number of hydrogen-bond donors (Lipinski definition) is 0. The van der Waals surface area contributed by atoms with E-state index in [4.69, 9.17) is 0 Å². The summed E-state index contributed by atoms with van der Waals surface area (Å²) in [6, 6.07) is 0.469. The van der Waals surface area contributed by atoms with Crippen molar-refractivity contribution < 1.29 is 4.79 Å². The fourth-order valence-electron chi connectivity index (χ4n) is 1.85. The minimum Gasteiger partial charge on any atom is -0.340 e. The zero-order chi connectivity index (χ0) is 9.68.